The zero-order chi connectivity index (χ0) is 27.6. The summed E-state index contributed by atoms with van der Waals surface area (Å²) in [5, 5.41) is 11.8. The monoisotopic (exact) mass is 555 g/mol. The van der Waals surface area contributed by atoms with Gasteiger partial charge in [-0.05, 0) is 47.5 Å². The number of nitrogens with zero attached hydrogens (tertiary/aromatic N) is 1. The topological polar surface area (TPSA) is 102 Å². The summed E-state index contributed by atoms with van der Waals surface area (Å²) in [5.41, 5.74) is 1.48. The number of halogens is 2. The molecule has 0 aliphatic carbocycles. The highest BCUT2D eigenvalue weighted by Crippen LogP contribution is 2.45. The number of amides is 1. The molecular formula is C28H23Cl2NO7. The zero-order valence-electron chi connectivity index (χ0n) is 20.7. The van der Waals surface area contributed by atoms with E-state index < -0.39 is 29.5 Å². The lowest BCUT2D eigenvalue weighted by atomic mass is 9.94. The van der Waals surface area contributed by atoms with Crippen LogP contribution in [-0.2, 0) is 25.5 Å². The van der Waals surface area contributed by atoms with Crippen molar-refractivity contribution in [2.24, 2.45) is 0 Å². The van der Waals surface area contributed by atoms with Gasteiger partial charge < -0.3 is 19.3 Å². The molecule has 1 unspecified atom stereocenters. The maximum atomic E-state index is 13.4. The third-order valence-electron chi connectivity index (χ3n) is 6.13. The van der Waals surface area contributed by atoms with Crippen molar-refractivity contribution < 1.29 is 33.7 Å². The Bertz CT molecular complexity index is 1430. The number of aliphatic hydroxyl groups is 1. The van der Waals surface area contributed by atoms with Crippen molar-refractivity contribution in [3.8, 4) is 11.5 Å². The summed E-state index contributed by atoms with van der Waals surface area (Å²) in [4.78, 5) is 39.8. The molecule has 4 rings (SSSR count). The van der Waals surface area contributed by atoms with Gasteiger partial charge in [-0.2, -0.15) is 0 Å². The van der Waals surface area contributed by atoms with Crippen molar-refractivity contribution in [3.63, 3.8) is 0 Å². The Morgan fingerprint density at radius 2 is 1.61 bits per heavy atom. The molecule has 1 saturated heterocycles. The lowest BCUT2D eigenvalue weighted by molar-refractivity contribution is -0.139. The number of hydrogen-bond acceptors (Lipinski definition) is 7. The predicted molar refractivity (Wildman–Crippen MR) is 143 cm³/mol. The molecule has 0 spiro atoms. The van der Waals surface area contributed by atoms with E-state index in [1.54, 1.807) is 48.5 Å². The number of carbonyl (C=O) groups excluding carboxylic acids is 3. The SMILES string of the molecule is COC(=O)Cc1ccc(N2C(=O)C(=O)/C(=C(/O)c3cc(Cl)cc(Cl)c3OC)C2c2ccc(OC)cc2)cc1. The number of rotatable bonds is 7. The molecule has 1 aliphatic heterocycles. The second-order valence-electron chi connectivity index (χ2n) is 8.33. The van der Waals surface area contributed by atoms with Crippen LogP contribution in [0.3, 0.4) is 0 Å². The molecule has 1 fully saturated rings. The van der Waals surface area contributed by atoms with Crippen LogP contribution in [0.4, 0.5) is 5.69 Å². The van der Waals surface area contributed by atoms with Gasteiger partial charge in [-0.25, -0.2) is 0 Å². The maximum Gasteiger partial charge on any atom is 0.309 e. The first-order valence-corrected chi connectivity index (χ1v) is 12.1. The van der Waals surface area contributed by atoms with E-state index in [4.69, 9.17) is 37.4 Å². The number of benzene rings is 3. The van der Waals surface area contributed by atoms with E-state index in [0.29, 0.717) is 22.6 Å². The van der Waals surface area contributed by atoms with E-state index in [2.05, 4.69) is 0 Å². The average molecular weight is 556 g/mol. The minimum atomic E-state index is -1.00. The first-order chi connectivity index (χ1) is 18.2. The number of aliphatic hydroxyl groups excluding tert-OH is 1. The molecule has 38 heavy (non-hydrogen) atoms. The van der Waals surface area contributed by atoms with Crippen LogP contribution in [0, 0.1) is 0 Å². The number of esters is 1. The number of ether oxygens (including phenoxy) is 3. The Morgan fingerprint density at radius 3 is 2.18 bits per heavy atom. The highest BCUT2D eigenvalue weighted by atomic mass is 35.5. The molecule has 1 N–H and O–H groups in total. The Labute approximate surface area is 228 Å². The Hall–Kier alpha value is -4.01. The Kier molecular flexibility index (Phi) is 7.94. The van der Waals surface area contributed by atoms with Crippen LogP contribution in [0.25, 0.3) is 5.76 Å². The lowest BCUT2D eigenvalue weighted by Crippen LogP contribution is -2.29. The molecule has 1 aliphatic rings. The fourth-order valence-electron chi connectivity index (χ4n) is 4.30. The van der Waals surface area contributed by atoms with E-state index in [9.17, 15) is 19.5 Å². The van der Waals surface area contributed by atoms with Gasteiger partial charge in [-0.1, -0.05) is 47.5 Å². The van der Waals surface area contributed by atoms with Crippen LogP contribution < -0.4 is 14.4 Å². The largest absolute Gasteiger partial charge is 0.507 e. The van der Waals surface area contributed by atoms with Gasteiger partial charge in [0.1, 0.15) is 17.3 Å². The van der Waals surface area contributed by atoms with E-state index in [-0.39, 0.29) is 33.4 Å². The highest BCUT2D eigenvalue weighted by Gasteiger charge is 2.47. The molecule has 0 aromatic heterocycles. The molecule has 0 saturated carbocycles. The molecule has 1 heterocycles. The van der Waals surface area contributed by atoms with Crippen LogP contribution in [-0.4, -0.2) is 44.1 Å². The molecule has 8 nitrogen and oxygen atoms in total. The number of hydrogen-bond donors (Lipinski definition) is 1. The maximum absolute atomic E-state index is 13.4. The van der Waals surface area contributed by atoms with Crippen LogP contribution in [0.5, 0.6) is 11.5 Å². The molecule has 1 atom stereocenters. The number of Topliss-reactive ketones (excluding diaryl/α,β-unsaturated/α-hetero) is 1. The van der Waals surface area contributed by atoms with Gasteiger partial charge in [0.15, 0.2) is 0 Å². The van der Waals surface area contributed by atoms with Crippen molar-refractivity contribution in [3.05, 3.63) is 93.0 Å². The van der Waals surface area contributed by atoms with Crippen molar-refractivity contribution >= 4 is 52.3 Å². The minimum Gasteiger partial charge on any atom is -0.507 e. The quantitative estimate of drug-likeness (QED) is 0.181. The number of methoxy groups -OCH3 is 3. The van der Waals surface area contributed by atoms with Crippen LogP contribution >= 0.6 is 23.2 Å². The van der Waals surface area contributed by atoms with E-state index in [1.165, 1.54) is 38.4 Å². The van der Waals surface area contributed by atoms with Gasteiger partial charge in [0.25, 0.3) is 11.7 Å². The first-order valence-electron chi connectivity index (χ1n) is 11.3. The van der Waals surface area contributed by atoms with Gasteiger partial charge in [0, 0.05) is 10.7 Å². The summed E-state index contributed by atoms with van der Waals surface area (Å²) >= 11 is 12.5. The lowest BCUT2D eigenvalue weighted by Gasteiger charge is -2.26. The van der Waals surface area contributed by atoms with E-state index in [1.807, 2.05) is 0 Å². The number of carbonyl (C=O) groups is 3. The van der Waals surface area contributed by atoms with Crippen LogP contribution in [0.2, 0.25) is 10.0 Å². The molecule has 1 amide bonds. The van der Waals surface area contributed by atoms with Crippen LogP contribution in [0.15, 0.2) is 66.2 Å². The molecule has 3 aromatic rings. The fraction of sp³-hybridized carbons (Fsp3) is 0.179. The van der Waals surface area contributed by atoms with E-state index >= 15 is 0 Å². The van der Waals surface area contributed by atoms with Gasteiger partial charge in [0.05, 0.1) is 50.0 Å². The van der Waals surface area contributed by atoms with Crippen molar-refractivity contribution in [1.82, 2.24) is 0 Å². The zero-order valence-corrected chi connectivity index (χ0v) is 22.2. The summed E-state index contributed by atoms with van der Waals surface area (Å²) in [5.74, 6) is -1.98. The van der Waals surface area contributed by atoms with Crippen molar-refractivity contribution in [2.45, 2.75) is 12.5 Å². The standard InChI is InChI=1S/C28H23Cl2NO7/c1-36-19-10-6-16(7-11-19)24-23(25(33)20-13-17(29)14-21(30)27(20)38-3)26(34)28(35)31(24)18-8-4-15(5-9-18)12-22(32)37-2/h4-11,13-14,24,33H,12H2,1-3H3/b25-23+. The van der Waals surface area contributed by atoms with Gasteiger partial charge in [-0.15, -0.1) is 0 Å². The summed E-state index contributed by atoms with van der Waals surface area (Å²) in [6, 6.07) is 15.2. The highest BCUT2D eigenvalue weighted by molar-refractivity contribution is 6.52. The first kappa shape index (κ1) is 27.0. The smallest absolute Gasteiger partial charge is 0.309 e. The predicted octanol–water partition coefficient (Wildman–Crippen LogP) is 5.35. The normalized spacial score (nSPS) is 16.4. The number of anilines is 1. The summed E-state index contributed by atoms with van der Waals surface area (Å²) in [6.07, 6.45) is 0.0484. The second kappa shape index (κ2) is 11.2. The molecule has 196 valence electrons. The molecule has 0 bridgehead atoms. The van der Waals surface area contributed by atoms with Gasteiger partial charge in [-0.3, -0.25) is 19.3 Å². The molecule has 0 radical (unpaired) electrons. The van der Waals surface area contributed by atoms with Crippen LogP contribution in [0.1, 0.15) is 22.7 Å². The summed E-state index contributed by atoms with van der Waals surface area (Å²) in [7, 11) is 4.18. The third-order valence-corrected chi connectivity index (χ3v) is 6.63. The molecule has 3 aromatic carbocycles. The van der Waals surface area contributed by atoms with Crippen molar-refractivity contribution in [2.75, 3.05) is 26.2 Å². The summed E-state index contributed by atoms with van der Waals surface area (Å²) in [6.45, 7) is 0. The Morgan fingerprint density at radius 1 is 0.947 bits per heavy atom. The average Bonchev–Trinajstić information content (AvgIpc) is 3.18. The summed E-state index contributed by atoms with van der Waals surface area (Å²) < 4.78 is 15.3. The molecular weight excluding hydrogens is 533 g/mol. The second-order valence-corrected chi connectivity index (χ2v) is 9.17. The number of ketones is 1. The third kappa shape index (κ3) is 5.05. The minimum absolute atomic E-state index is 0.0484. The molecule has 10 heteroatoms. The Balaban J connectivity index is 1.91. The van der Waals surface area contributed by atoms with Gasteiger partial charge in [0.2, 0.25) is 0 Å². The van der Waals surface area contributed by atoms with E-state index in [0.717, 1.165) is 0 Å². The van der Waals surface area contributed by atoms with Crippen molar-refractivity contribution in [1.29, 1.82) is 0 Å². The van der Waals surface area contributed by atoms with Gasteiger partial charge >= 0.3 is 5.97 Å². The fourth-order valence-corrected chi connectivity index (χ4v) is 4.87.